The largest absolute Gasteiger partial charge is 0.496 e. The zero-order valence-corrected chi connectivity index (χ0v) is 17.7. The highest BCUT2D eigenvalue weighted by molar-refractivity contribution is 6.62. The number of aryl methyl sites for hydroxylation is 1. The maximum absolute atomic E-state index is 6.21. The Labute approximate surface area is 159 Å². The van der Waals surface area contributed by atoms with Gasteiger partial charge in [0.05, 0.1) is 22.6 Å². The van der Waals surface area contributed by atoms with Crippen LogP contribution in [0, 0.1) is 6.92 Å². The molecule has 6 heteroatoms. The van der Waals surface area contributed by atoms with Crippen molar-refractivity contribution in [2.75, 3.05) is 31.1 Å². The molecule has 26 heavy (non-hydrogen) atoms. The van der Waals surface area contributed by atoms with Crippen molar-refractivity contribution in [1.29, 1.82) is 0 Å². The van der Waals surface area contributed by atoms with Gasteiger partial charge in [-0.2, -0.15) is 0 Å². The lowest BCUT2D eigenvalue weighted by atomic mass is 9.80. The van der Waals surface area contributed by atoms with Crippen LogP contribution in [0.2, 0.25) is 0 Å². The predicted molar refractivity (Wildman–Crippen MR) is 108 cm³/mol. The first-order valence-electron chi connectivity index (χ1n) is 9.73. The lowest BCUT2D eigenvalue weighted by Gasteiger charge is -2.43. The summed E-state index contributed by atoms with van der Waals surface area (Å²) in [5, 5.41) is 0. The van der Waals surface area contributed by atoms with E-state index < -0.39 is 0 Å². The van der Waals surface area contributed by atoms with Gasteiger partial charge < -0.3 is 14.2 Å². The molecular weight excluding hydrogens is 325 g/mol. The summed E-state index contributed by atoms with van der Waals surface area (Å²) >= 11 is 0. The lowest BCUT2D eigenvalue weighted by Crippen LogP contribution is -2.53. The molecule has 0 amide bonds. The molecule has 0 atom stereocenters. The van der Waals surface area contributed by atoms with Gasteiger partial charge in [0.25, 0.3) is 0 Å². The van der Waals surface area contributed by atoms with E-state index in [9.17, 15) is 0 Å². The Bertz CT molecular complexity index is 646. The summed E-state index contributed by atoms with van der Waals surface area (Å²) in [6, 6.07) is 2.21. The number of hydrogen-bond donors (Lipinski definition) is 0. The molecule has 0 unspecified atom stereocenters. The Hall–Kier alpha value is -1.11. The van der Waals surface area contributed by atoms with Gasteiger partial charge in [0.1, 0.15) is 0 Å². The lowest BCUT2D eigenvalue weighted by molar-refractivity contribution is 0.00578. The maximum Gasteiger partial charge on any atom is 0.496 e. The second kappa shape index (κ2) is 6.50. The third kappa shape index (κ3) is 3.64. The SMILES string of the molecule is Cc1ncc(B2OC(C)(C)C(C)(C)O2)cc1N1CCN(C(C)(C)C)CC1. The maximum atomic E-state index is 6.21. The minimum atomic E-state index is -0.359. The van der Waals surface area contributed by atoms with Crippen molar-refractivity contribution in [3.63, 3.8) is 0 Å². The molecule has 2 aliphatic rings. The fraction of sp³-hybridized carbons (Fsp3) is 0.750. The van der Waals surface area contributed by atoms with E-state index >= 15 is 0 Å². The van der Waals surface area contributed by atoms with E-state index in [1.54, 1.807) is 0 Å². The van der Waals surface area contributed by atoms with Gasteiger partial charge in [-0.05, 0) is 61.5 Å². The molecule has 2 aliphatic heterocycles. The molecule has 0 N–H and O–H groups in total. The first-order valence-corrected chi connectivity index (χ1v) is 9.73. The van der Waals surface area contributed by atoms with Gasteiger partial charge in [0.2, 0.25) is 0 Å². The average molecular weight is 359 g/mol. The molecular formula is C20H34BN3O2. The van der Waals surface area contributed by atoms with Crippen LogP contribution < -0.4 is 10.4 Å². The molecule has 144 valence electrons. The van der Waals surface area contributed by atoms with E-state index in [2.05, 4.69) is 76.2 Å². The molecule has 0 spiro atoms. The number of rotatable bonds is 2. The molecule has 1 aromatic heterocycles. The first kappa shape index (κ1) is 19.7. The number of anilines is 1. The van der Waals surface area contributed by atoms with E-state index in [0.29, 0.717) is 0 Å². The average Bonchev–Trinajstić information content (AvgIpc) is 2.75. The Morgan fingerprint density at radius 2 is 1.54 bits per heavy atom. The van der Waals surface area contributed by atoms with Gasteiger partial charge in [-0.3, -0.25) is 9.88 Å². The van der Waals surface area contributed by atoms with Crippen LogP contribution in [-0.4, -0.2) is 59.9 Å². The third-order valence-corrected chi connectivity index (χ3v) is 6.18. The standard InChI is InChI=1S/C20H34BN3O2/c1-15-17(23-9-11-24(12-10-23)18(2,3)4)13-16(14-22-15)21-25-19(5,6)20(7,8)26-21/h13-14H,9-12H2,1-8H3. The van der Waals surface area contributed by atoms with Crippen molar-refractivity contribution in [3.8, 4) is 0 Å². The van der Waals surface area contributed by atoms with Crippen molar-refractivity contribution in [2.24, 2.45) is 0 Å². The second-order valence-electron chi connectivity index (χ2n) is 9.61. The van der Waals surface area contributed by atoms with Gasteiger partial charge in [-0.15, -0.1) is 0 Å². The molecule has 0 radical (unpaired) electrons. The Balaban J connectivity index is 1.78. The highest BCUT2D eigenvalue weighted by Crippen LogP contribution is 2.36. The fourth-order valence-electron chi connectivity index (χ4n) is 3.58. The minimum Gasteiger partial charge on any atom is -0.399 e. The van der Waals surface area contributed by atoms with Gasteiger partial charge in [0.15, 0.2) is 0 Å². The summed E-state index contributed by atoms with van der Waals surface area (Å²) in [6.45, 7) is 21.5. The van der Waals surface area contributed by atoms with Crippen molar-refractivity contribution in [2.45, 2.75) is 72.1 Å². The van der Waals surface area contributed by atoms with Crippen LogP contribution in [0.25, 0.3) is 0 Å². The minimum absolute atomic E-state index is 0.226. The summed E-state index contributed by atoms with van der Waals surface area (Å²) in [6.07, 6.45) is 1.90. The van der Waals surface area contributed by atoms with E-state index in [-0.39, 0.29) is 23.9 Å². The number of aromatic nitrogens is 1. The van der Waals surface area contributed by atoms with Crippen molar-refractivity contribution in [1.82, 2.24) is 9.88 Å². The second-order valence-corrected chi connectivity index (χ2v) is 9.61. The van der Waals surface area contributed by atoms with Crippen molar-refractivity contribution in [3.05, 3.63) is 18.0 Å². The molecule has 1 aromatic rings. The van der Waals surface area contributed by atoms with E-state index in [0.717, 1.165) is 37.3 Å². The van der Waals surface area contributed by atoms with Crippen LogP contribution in [0.1, 0.15) is 54.2 Å². The number of piperazine rings is 1. The highest BCUT2D eigenvalue weighted by Gasteiger charge is 2.52. The third-order valence-electron chi connectivity index (χ3n) is 6.18. The quantitative estimate of drug-likeness (QED) is 0.759. The fourth-order valence-corrected chi connectivity index (χ4v) is 3.58. The predicted octanol–water partition coefficient (Wildman–Crippen LogP) is 2.61. The first-order chi connectivity index (χ1) is 11.9. The Morgan fingerprint density at radius 3 is 2.04 bits per heavy atom. The monoisotopic (exact) mass is 359 g/mol. The van der Waals surface area contributed by atoms with Crippen LogP contribution in [-0.2, 0) is 9.31 Å². The molecule has 0 aliphatic carbocycles. The molecule has 2 saturated heterocycles. The van der Waals surface area contributed by atoms with Gasteiger partial charge >= 0.3 is 7.12 Å². The van der Waals surface area contributed by atoms with E-state index in [1.807, 2.05) is 6.20 Å². The van der Waals surface area contributed by atoms with Gasteiger partial charge in [-0.1, -0.05) is 0 Å². The van der Waals surface area contributed by atoms with Crippen LogP contribution in [0.5, 0.6) is 0 Å². The van der Waals surface area contributed by atoms with Gasteiger partial charge in [0, 0.05) is 43.4 Å². The number of nitrogens with zero attached hydrogens (tertiary/aromatic N) is 3. The molecule has 3 rings (SSSR count). The molecule has 0 bridgehead atoms. The number of pyridine rings is 1. The Morgan fingerprint density at radius 1 is 1.00 bits per heavy atom. The summed E-state index contributed by atoms with van der Waals surface area (Å²) in [7, 11) is -0.359. The normalized spacial score (nSPS) is 23.5. The van der Waals surface area contributed by atoms with E-state index in [4.69, 9.17) is 9.31 Å². The molecule has 0 aromatic carbocycles. The highest BCUT2D eigenvalue weighted by atomic mass is 16.7. The zero-order valence-electron chi connectivity index (χ0n) is 17.7. The van der Waals surface area contributed by atoms with Crippen molar-refractivity contribution >= 4 is 18.3 Å². The number of hydrogen-bond acceptors (Lipinski definition) is 5. The topological polar surface area (TPSA) is 37.8 Å². The summed E-state index contributed by atoms with van der Waals surface area (Å²) in [5.41, 5.74) is 2.83. The smallest absolute Gasteiger partial charge is 0.399 e. The summed E-state index contributed by atoms with van der Waals surface area (Å²) in [4.78, 5) is 9.64. The van der Waals surface area contributed by atoms with Gasteiger partial charge in [-0.25, -0.2) is 0 Å². The Kier molecular flexibility index (Phi) is 4.91. The summed E-state index contributed by atoms with van der Waals surface area (Å²) < 4.78 is 12.4. The molecule has 2 fully saturated rings. The van der Waals surface area contributed by atoms with Crippen molar-refractivity contribution < 1.29 is 9.31 Å². The van der Waals surface area contributed by atoms with Crippen LogP contribution in [0.4, 0.5) is 5.69 Å². The zero-order chi connectivity index (χ0) is 19.3. The summed E-state index contributed by atoms with van der Waals surface area (Å²) in [5.74, 6) is 0. The molecule has 5 nitrogen and oxygen atoms in total. The van der Waals surface area contributed by atoms with Crippen LogP contribution in [0.15, 0.2) is 12.3 Å². The van der Waals surface area contributed by atoms with Crippen LogP contribution in [0.3, 0.4) is 0 Å². The van der Waals surface area contributed by atoms with Crippen LogP contribution >= 0.6 is 0 Å². The molecule has 3 heterocycles. The molecule has 0 saturated carbocycles. The van der Waals surface area contributed by atoms with E-state index in [1.165, 1.54) is 5.69 Å².